The number of amides is 1. The van der Waals surface area contributed by atoms with Crippen molar-refractivity contribution in [3.63, 3.8) is 0 Å². The van der Waals surface area contributed by atoms with Crippen LogP contribution in [0.5, 0.6) is 11.5 Å². The van der Waals surface area contributed by atoms with Crippen LogP contribution in [0.15, 0.2) is 48.5 Å². The van der Waals surface area contributed by atoms with E-state index in [0.29, 0.717) is 24.0 Å². The number of nitro benzene ring substituents is 1. The summed E-state index contributed by atoms with van der Waals surface area (Å²) in [5.41, 5.74) is 0.0155. The molecule has 0 bridgehead atoms. The third-order valence-corrected chi connectivity index (χ3v) is 4.34. The maximum Gasteiger partial charge on any atom is 0.270 e. The minimum atomic E-state index is -0.520. The average molecular weight is 392 g/mol. The molecular weight excluding hydrogens is 370 g/mol. The predicted octanol–water partition coefficient (Wildman–Crippen LogP) is 3.54. The van der Waals surface area contributed by atoms with Crippen LogP contribution in [0.25, 0.3) is 0 Å². The van der Waals surface area contributed by atoms with Gasteiger partial charge in [0.1, 0.15) is 11.5 Å². The number of halogens is 1. The quantitative estimate of drug-likeness (QED) is 0.580. The highest BCUT2D eigenvalue weighted by atomic mass is 35.5. The fourth-order valence-corrected chi connectivity index (χ4v) is 2.94. The van der Waals surface area contributed by atoms with E-state index in [4.69, 9.17) is 4.74 Å². The Morgan fingerprint density at radius 3 is 2.70 bits per heavy atom. The molecule has 1 saturated heterocycles. The largest absolute Gasteiger partial charge is 0.457 e. The summed E-state index contributed by atoms with van der Waals surface area (Å²) in [6.07, 6.45) is 2.13. The fourth-order valence-electron chi connectivity index (χ4n) is 2.94. The van der Waals surface area contributed by atoms with Gasteiger partial charge in [0, 0.05) is 18.7 Å². The van der Waals surface area contributed by atoms with Crippen molar-refractivity contribution in [1.29, 1.82) is 0 Å². The van der Waals surface area contributed by atoms with Crippen LogP contribution in [-0.4, -0.2) is 30.5 Å². The Kier molecular flexibility index (Phi) is 7.57. The lowest BCUT2D eigenvalue weighted by atomic mass is 9.99. The van der Waals surface area contributed by atoms with Gasteiger partial charge in [0.2, 0.25) is 0 Å². The molecule has 1 aliphatic rings. The number of para-hydroxylation sites is 1. The first-order valence-electron chi connectivity index (χ1n) is 8.64. The number of nitrogens with one attached hydrogen (secondary N) is 2. The van der Waals surface area contributed by atoms with Crippen LogP contribution in [-0.2, 0) is 0 Å². The van der Waals surface area contributed by atoms with E-state index in [1.54, 1.807) is 12.1 Å². The van der Waals surface area contributed by atoms with Crippen molar-refractivity contribution in [3.8, 4) is 11.5 Å². The number of carbonyl (C=O) groups excluding carboxylic acids is 1. The number of hydrogen-bond acceptors (Lipinski definition) is 5. The number of carbonyl (C=O) groups is 1. The van der Waals surface area contributed by atoms with E-state index in [9.17, 15) is 14.9 Å². The average Bonchev–Trinajstić information content (AvgIpc) is 2.68. The summed E-state index contributed by atoms with van der Waals surface area (Å²) in [5.74, 6) is 0.850. The van der Waals surface area contributed by atoms with Crippen molar-refractivity contribution in [3.05, 3.63) is 64.2 Å². The molecule has 144 valence electrons. The molecule has 1 unspecified atom stereocenters. The number of hydrogen-bond donors (Lipinski definition) is 2. The molecule has 2 aromatic carbocycles. The van der Waals surface area contributed by atoms with Gasteiger partial charge in [-0.15, -0.1) is 12.4 Å². The molecule has 3 rings (SSSR count). The zero-order valence-electron chi connectivity index (χ0n) is 14.7. The lowest BCUT2D eigenvalue weighted by Gasteiger charge is -2.23. The summed E-state index contributed by atoms with van der Waals surface area (Å²) in [5, 5.41) is 17.3. The Bertz CT molecular complexity index is 780. The number of non-ortho nitro benzene ring substituents is 1. The second-order valence-corrected chi connectivity index (χ2v) is 6.28. The minimum absolute atomic E-state index is 0. The van der Waals surface area contributed by atoms with Crippen LogP contribution in [0.3, 0.4) is 0 Å². The molecule has 0 radical (unpaired) electrons. The van der Waals surface area contributed by atoms with Crippen LogP contribution in [0.1, 0.15) is 23.2 Å². The van der Waals surface area contributed by atoms with Crippen LogP contribution in [0.2, 0.25) is 0 Å². The van der Waals surface area contributed by atoms with Crippen LogP contribution >= 0.6 is 12.4 Å². The molecule has 2 aromatic rings. The summed E-state index contributed by atoms with van der Waals surface area (Å²) in [7, 11) is 0. The topological polar surface area (TPSA) is 93.5 Å². The Balaban J connectivity index is 0.00000261. The summed E-state index contributed by atoms with van der Waals surface area (Å²) in [6.45, 7) is 2.40. The molecule has 0 aromatic heterocycles. The highest BCUT2D eigenvalue weighted by Gasteiger charge is 2.20. The molecule has 7 nitrogen and oxygen atoms in total. The molecule has 2 N–H and O–H groups in total. The lowest BCUT2D eigenvalue weighted by molar-refractivity contribution is -0.384. The van der Waals surface area contributed by atoms with E-state index in [1.807, 2.05) is 18.2 Å². The van der Waals surface area contributed by atoms with Gasteiger partial charge in [-0.05, 0) is 50.0 Å². The van der Waals surface area contributed by atoms with Crippen molar-refractivity contribution in [2.45, 2.75) is 12.8 Å². The smallest absolute Gasteiger partial charge is 0.270 e. The van der Waals surface area contributed by atoms with Gasteiger partial charge in [-0.1, -0.05) is 18.2 Å². The van der Waals surface area contributed by atoms with Crippen molar-refractivity contribution < 1.29 is 14.5 Å². The first-order chi connectivity index (χ1) is 12.6. The predicted molar refractivity (Wildman–Crippen MR) is 105 cm³/mol. The Morgan fingerprint density at radius 1 is 1.26 bits per heavy atom. The van der Waals surface area contributed by atoms with Crippen molar-refractivity contribution in [2.75, 3.05) is 19.6 Å². The number of nitro groups is 1. The number of ether oxygens (including phenoxy) is 1. The lowest BCUT2D eigenvalue weighted by Crippen LogP contribution is -2.38. The molecule has 1 atom stereocenters. The normalized spacial score (nSPS) is 16.1. The molecule has 1 fully saturated rings. The van der Waals surface area contributed by atoms with Gasteiger partial charge in [0.05, 0.1) is 10.5 Å². The molecule has 0 spiro atoms. The highest BCUT2D eigenvalue weighted by Crippen LogP contribution is 2.28. The second-order valence-electron chi connectivity index (χ2n) is 6.28. The number of piperidine rings is 1. The zero-order valence-corrected chi connectivity index (χ0v) is 15.5. The first-order valence-corrected chi connectivity index (χ1v) is 8.64. The Morgan fingerprint density at radius 2 is 2.04 bits per heavy atom. The van der Waals surface area contributed by atoms with Crippen LogP contribution < -0.4 is 15.4 Å². The fraction of sp³-hybridized carbons (Fsp3) is 0.316. The maximum absolute atomic E-state index is 12.6. The molecule has 1 heterocycles. The molecule has 1 amide bonds. The van der Waals surface area contributed by atoms with E-state index in [2.05, 4.69) is 10.6 Å². The SMILES string of the molecule is Cl.O=C(NCC1CCCNC1)c1cc([N+](=O)[O-])ccc1Oc1ccccc1. The van der Waals surface area contributed by atoms with E-state index in [-0.39, 0.29) is 29.6 Å². The molecule has 1 aliphatic heterocycles. The number of nitrogens with zero attached hydrogens (tertiary/aromatic N) is 1. The second kappa shape index (κ2) is 9.89. The molecule has 8 heteroatoms. The van der Waals surface area contributed by atoms with Gasteiger partial charge in [-0.2, -0.15) is 0 Å². The molecule has 27 heavy (non-hydrogen) atoms. The molecule has 0 saturated carbocycles. The molecule has 0 aliphatic carbocycles. The number of benzene rings is 2. The third kappa shape index (κ3) is 5.67. The van der Waals surface area contributed by atoms with Gasteiger partial charge in [-0.3, -0.25) is 14.9 Å². The summed E-state index contributed by atoms with van der Waals surface area (Å²) in [6, 6.07) is 13.1. The maximum atomic E-state index is 12.6. The van der Waals surface area contributed by atoms with E-state index in [1.165, 1.54) is 18.2 Å². The summed E-state index contributed by atoms with van der Waals surface area (Å²) < 4.78 is 5.76. The van der Waals surface area contributed by atoms with Crippen molar-refractivity contribution in [1.82, 2.24) is 10.6 Å². The monoisotopic (exact) mass is 391 g/mol. The van der Waals surface area contributed by atoms with Gasteiger partial charge in [-0.25, -0.2) is 0 Å². The standard InChI is InChI=1S/C19H21N3O4.ClH/c23-19(21-13-14-5-4-10-20-12-14)17-11-15(22(24)25)8-9-18(17)26-16-6-2-1-3-7-16;/h1-3,6-9,11,14,20H,4-5,10,12-13H2,(H,21,23);1H. The summed E-state index contributed by atoms with van der Waals surface area (Å²) in [4.78, 5) is 23.2. The Labute approximate surface area is 163 Å². The van der Waals surface area contributed by atoms with Crippen molar-refractivity contribution >= 4 is 24.0 Å². The number of rotatable bonds is 6. The summed E-state index contributed by atoms with van der Waals surface area (Å²) >= 11 is 0. The molecular formula is C19H22ClN3O4. The minimum Gasteiger partial charge on any atom is -0.457 e. The van der Waals surface area contributed by atoms with Gasteiger partial charge >= 0.3 is 0 Å². The van der Waals surface area contributed by atoms with E-state index >= 15 is 0 Å². The third-order valence-electron chi connectivity index (χ3n) is 4.34. The highest BCUT2D eigenvalue weighted by molar-refractivity contribution is 5.97. The van der Waals surface area contributed by atoms with Gasteiger partial charge in [0.25, 0.3) is 11.6 Å². The van der Waals surface area contributed by atoms with Crippen molar-refractivity contribution in [2.24, 2.45) is 5.92 Å². The van der Waals surface area contributed by atoms with Gasteiger partial charge < -0.3 is 15.4 Å². The zero-order chi connectivity index (χ0) is 18.4. The Hall–Kier alpha value is -2.64. The van der Waals surface area contributed by atoms with Gasteiger partial charge in [0.15, 0.2) is 0 Å². The van der Waals surface area contributed by atoms with E-state index < -0.39 is 4.92 Å². The van der Waals surface area contributed by atoms with Crippen LogP contribution in [0.4, 0.5) is 5.69 Å². The van der Waals surface area contributed by atoms with E-state index in [0.717, 1.165) is 25.9 Å². The van der Waals surface area contributed by atoms with Crippen LogP contribution in [0, 0.1) is 16.0 Å². The first kappa shape index (κ1) is 20.7.